The molecule has 0 saturated carbocycles. The second kappa shape index (κ2) is 14.1. The predicted octanol–water partition coefficient (Wildman–Crippen LogP) is 5.21. The van der Waals surface area contributed by atoms with Crippen molar-refractivity contribution < 1.29 is 4.79 Å². The molecule has 4 aromatic rings. The van der Waals surface area contributed by atoms with Gasteiger partial charge in [-0.25, -0.2) is 0 Å². The van der Waals surface area contributed by atoms with Crippen molar-refractivity contribution in [2.24, 2.45) is 0 Å². The van der Waals surface area contributed by atoms with Crippen LogP contribution in [-0.4, -0.2) is 40.9 Å². The summed E-state index contributed by atoms with van der Waals surface area (Å²) in [5.41, 5.74) is 0.176. The Morgan fingerprint density at radius 2 is 1.33 bits per heavy atom. The Balaban J connectivity index is 2.02. The van der Waals surface area contributed by atoms with E-state index in [0.717, 1.165) is 32.7 Å². The number of hydrogen-bond donors (Lipinski definition) is 5. The van der Waals surface area contributed by atoms with Gasteiger partial charge in [-0.3, -0.25) is 4.79 Å². The molecule has 0 fully saturated rings. The van der Waals surface area contributed by atoms with Gasteiger partial charge in [0.15, 0.2) is 10.2 Å². The van der Waals surface area contributed by atoms with Crippen LogP contribution < -0.4 is 26.6 Å². The number of nitriles is 1. The molecule has 9 heteroatoms. The summed E-state index contributed by atoms with van der Waals surface area (Å²) in [5.74, 6) is -1.01. The average Bonchev–Trinajstić information content (AvgIpc) is 2.96. The number of fused-ring (bicyclic) bond motifs is 2. The number of carbonyl (C=O) groups is 1. The van der Waals surface area contributed by atoms with Gasteiger partial charge in [-0.1, -0.05) is 84.9 Å². The number of amides is 1. The maximum absolute atomic E-state index is 14.5. The minimum atomic E-state index is -1.58. The molecule has 4 aromatic carbocycles. The highest BCUT2D eigenvalue weighted by Gasteiger charge is 2.49. The Kier molecular flexibility index (Phi) is 10.3. The van der Waals surface area contributed by atoms with E-state index in [1.165, 1.54) is 0 Å². The lowest BCUT2D eigenvalue weighted by atomic mass is 9.78. The maximum Gasteiger partial charge on any atom is 0.267 e. The summed E-state index contributed by atoms with van der Waals surface area (Å²) in [6.07, 6.45) is 0.158. The number of rotatable bonds is 10. The van der Waals surface area contributed by atoms with Crippen LogP contribution in [0, 0.1) is 11.3 Å². The van der Waals surface area contributed by atoms with Crippen molar-refractivity contribution in [3.8, 4) is 6.07 Å². The molecule has 0 aliphatic carbocycles. The van der Waals surface area contributed by atoms with Gasteiger partial charge in [0.2, 0.25) is 5.66 Å². The molecule has 0 spiro atoms. The van der Waals surface area contributed by atoms with Crippen molar-refractivity contribution in [1.29, 1.82) is 5.26 Å². The van der Waals surface area contributed by atoms with E-state index in [4.69, 9.17) is 24.4 Å². The quantitative estimate of drug-likeness (QED) is 0.0967. The van der Waals surface area contributed by atoms with Crippen LogP contribution in [0.3, 0.4) is 0 Å². The lowest BCUT2D eigenvalue weighted by Gasteiger charge is -2.43. The molecular weight excluding hydrogens is 561 g/mol. The minimum absolute atomic E-state index is 0.0184. The largest absolute Gasteiger partial charge is 0.363 e. The summed E-state index contributed by atoms with van der Waals surface area (Å²) < 4.78 is 0. The lowest BCUT2D eigenvalue weighted by Crippen LogP contribution is -2.73. The van der Waals surface area contributed by atoms with Gasteiger partial charge in [0.25, 0.3) is 5.91 Å². The number of nitrogens with zero attached hydrogens (tertiary/aromatic N) is 1. The monoisotopic (exact) mass is 596 g/mol. The van der Waals surface area contributed by atoms with Crippen LogP contribution in [0.4, 0.5) is 0 Å². The van der Waals surface area contributed by atoms with E-state index < -0.39 is 17.5 Å². The molecule has 4 rings (SSSR count). The molecule has 0 bridgehead atoms. The lowest BCUT2D eigenvalue weighted by molar-refractivity contribution is -0.128. The van der Waals surface area contributed by atoms with E-state index in [9.17, 15) is 10.1 Å². The second-order valence-corrected chi connectivity index (χ2v) is 11.2. The summed E-state index contributed by atoms with van der Waals surface area (Å²) >= 11 is 11.5. The zero-order valence-electron chi connectivity index (χ0n) is 24.0. The van der Waals surface area contributed by atoms with Crippen LogP contribution in [0.2, 0.25) is 0 Å². The molecule has 1 amide bonds. The zero-order valence-corrected chi connectivity index (χ0v) is 25.7. The van der Waals surface area contributed by atoms with E-state index in [1.807, 2.05) is 57.2 Å². The van der Waals surface area contributed by atoms with E-state index in [1.54, 1.807) is 0 Å². The van der Waals surface area contributed by atoms with Gasteiger partial charge in [0.05, 0.1) is 18.4 Å². The smallest absolute Gasteiger partial charge is 0.267 e. The molecule has 216 valence electrons. The summed E-state index contributed by atoms with van der Waals surface area (Å²) in [6.45, 7) is 6.61. The van der Waals surface area contributed by atoms with Crippen LogP contribution in [0.15, 0.2) is 84.9 Å². The highest BCUT2D eigenvalue weighted by atomic mass is 32.1. The summed E-state index contributed by atoms with van der Waals surface area (Å²) in [7, 11) is 0. The summed E-state index contributed by atoms with van der Waals surface area (Å²) in [4.78, 5) is 14.5. The van der Waals surface area contributed by atoms with Crippen LogP contribution >= 0.6 is 24.4 Å². The van der Waals surface area contributed by atoms with Crippen LogP contribution in [0.5, 0.6) is 0 Å². The number of nitrogens with one attached hydrogen (secondary N) is 5. The number of hydrogen-bond acceptors (Lipinski definition) is 4. The van der Waals surface area contributed by atoms with Crippen molar-refractivity contribution >= 4 is 62.1 Å². The first kappa shape index (κ1) is 30.7. The molecular formula is C33H36N6OS2. The third-order valence-corrected chi connectivity index (χ3v) is 7.37. The summed E-state index contributed by atoms with van der Waals surface area (Å²) in [6, 6.07) is 30.8. The Bertz CT molecular complexity index is 1550. The normalized spacial score (nSPS) is 12.4. The van der Waals surface area contributed by atoms with Crippen LogP contribution in [-0.2, 0) is 4.79 Å². The van der Waals surface area contributed by atoms with Crippen molar-refractivity contribution in [2.75, 3.05) is 13.1 Å². The minimum Gasteiger partial charge on any atom is -0.363 e. The van der Waals surface area contributed by atoms with E-state index in [0.29, 0.717) is 16.8 Å². The van der Waals surface area contributed by atoms with Gasteiger partial charge in [0.1, 0.15) is 0 Å². The molecule has 1 atom stereocenters. The van der Waals surface area contributed by atoms with Crippen LogP contribution in [0.25, 0.3) is 21.5 Å². The Hall–Kier alpha value is -4.26. The molecule has 0 aromatic heterocycles. The van der Waals surface area contributed by atoms with Crippen LogP contribution in [0.1, 0.15) is 44.2 Å². The molecule has 0 radical (unpaired) electrons. The number of benzene rings is 4. The summed E-state index contributed by atoms with van der Waals surface area (Å²) in [5, 5.41) is 30.1. The first-order chi connectivity index (χ1) is 20.3. The first-order valence-electron chi connectivity index (χ1n) is 14.0. The fraction of sp³-hybridized carbons (Fsp3) is 0.273. The fourth-order valence-corrected chi connectivity index (χ4v) is 5.82. The molecule has 0 aliphatic rings. The van der Waals surface area contributed by atoms with Gasteiger partial charge in [-0.05, 0) is 77.9 Å². The van der Waals surface area contributed by atoms with Crippen molar-refractivity contribution in [2.45, 2.75) is 44.8 Å². The van der Waals surface area contributed by atoms with E-state index in [-0.39, 0.29) is 19.0 Å². The Morgan fingerprint density at radius 3 is 1.83 bits per heavy atom. The maximum atomic E-state index is 14.5. The first-order valence-corrected chi connectivity index (χ1v) is 14.9. The van der Waals surface area contributed by atoms with Gasteiger partial charge >= 0.3 is 0 Å². The molecule has 0 heterocycles. The molecule has 42 heavy (non-hydrogen) atoms. The highest BCUT2D eigenvalue weighted by molar-refractivity contribution is 7.80. The molecule has 5 N–H and O–H groups in total. The van der Waals surface area contributed by atoms with Gasteiger partial charge in [0, 0.05) is 19.1 Å². The molecule has 0 saturated heterocycles. The zero-order chi connectivity index (χ0) is 30.1. The number of thiocarbonyl (C=S) groups is 2. The van der Waals surface area contributed by atoms with Crippen molar-refractivity contribution in [3.05, 3.63) is 96.1 Å². The highest BCUT2D eigenvalue weighted by Crippen LogP contribution is 2.37. The van der Waals surface area contributed by atoms with Crippen molar-refractivity contribution in [1.82, 2.24) is 26.6 Å². The predicted molar refractivity (Wildman–Crippen MR) is 179 cm³/mol. The SMILES string of the molecule is CCNC(=S)NC(NC(=S)NC(C)C)(C(=O)NCCC#N)C(c1ccc2ccccc2c1)c1ccc2ccccc2c1. The molecule has 7 nitrogen and oxygen atoms in total. The van der Waals surface area contributed by atoms with E-state index >= 15 is 0 Å². The third kappa shape index (κ3) is 7.14. The topological polar surface area (TPSA) is 101 Å². The number of carbonyl (C=O) groups excluding carboxylic acids is 1. The van der Waals surface area contributed by atoms with E-state index in [2.05, 4.69) is 81.2 Å². The standard InChI is InChI=1S/C33H36N6OS2/c1-4-35-31(41)38-33(30(40)36-19-9-18-34,39-32(42)37-22(2)3)29(27-16-14-23-10-5-7-12-25(23)20-27)28-17-15-24-11-6-8-13-26(24)21-28/h5-8,10-17,20-22,29H,4,9,19H2,1-3H3,(H,36,40)(H2,35,38,41)(H2,37,39,42). The van der Waals surface area contributed by atoms with Crippen molar-refractivity contribution in [3.63, 3.8) is 0 Å². The fourth-order valence-electron chi connectivity index (χ4n) is 5.12. The van der Waals surface area contributed by atoms with Gasteiger partial charge < -0.3 is 26.6 Å². The third-order valence-electron chi connectivity index (χ3n) is 6.91. The molecule has 0 aliphatic heterocycles. The van der Waals surface area contributed by atoms with Gasteiger partial charge in [-0.15, -0.1) is 0 Å². The van der Waals surface area contributed by atoms with Gasteiger partial charge in [-0.2, -0.15) is 5.26 Å². The molecule has 1 unspecified atom stereocenters. The Labute approximate surface area is 258 Å². The average molecular weight is 597 g/mol. The Morgan fingerprint density at radius 1 is 0.810 bits per heavy atom. The second-order valence-electron chi connectivity index (χ2n) is 10.4.